The number of hydrogen-bond acceptors (Lipinski definition) is 9. The Morgan fingerprint density at radius 2 is 1.94 bits per heavy atom. The third-order valence-corrected chi connectivity index (χ3v) is 10.7. The number of ether oxygens (including phenoxy) is 1. The SMILES string of the molecule is CC1(C=C(F)F)CN(c2nc(OCC34CCCN3CCC4)nc3c(F)c(-c4cccc5sc(N)c(C#N)c45)c(C(F)(F)F)cc23)CCN1. The molecule has 7 rings (SSSR count). The zero-order valence-corrected chi connectivity index (χ0v) is 26.7. The molecule has 2 aromatic heterocycles. The highest BCUT2D eigenvalue weighted by Gasteiger charge is 2.45. The molecule has 4 aromatic rings. The Kier molecular flexibility index (Phi) is 7.96. The van der Waals surface area contributed by atoms with Crippen LogP contribution in [-0.2, 0) is 6.18 Å². The van der Waals surface area contributed by atoms with E-state index in [0.717, 1.165) is 62.3 Å². The zero-order valence-electron chi connectivity index (χ0n) is 25.9. The van der Waals surface area contributed by atoms with Crippen molar-refractivity contribution in [3.63, 3.8) is 0 Å². The Morgan fingerprint density at radius 1 is 1.19 bits per heavy atom. The van der Waals surface area contributed by atoms with Crippen molar-refractivity contribution in [2.75, 3.05) is 50.0 Å². The van der Waals surface area contributed by atoms with Crippen molar-refractivity contribution in [2.24, 2.45) is 0 Å². The maximum atomic E-state index is 17.0. The van der Waals surface area contributed by atoms with E-state index in [0.29, 0.717) is 4.70 Å². The lowest BCUT2D eigenvalue weighted by molar-refractivity contribution is -0.137. The lowest BCUT2D eigenvalue weighted by Gasteiger charge is -2.40. The molecular weight excluding hydrogens is 656 g/mol. The van der Waals surface area contributed by atoms with Crippen LogP contribution in [0.2, 0.25) is 0 Å². The molecule has 3 saturated heterocycles. The highest BCUT2D eigenvalue weighted by atomic mass is 32.1. The van der Waals surface area contributed by atoms with E-state index in [1.54, 1.807) is 11.0 Å². The fourth-order valence-electron chi connectivity index (χ4n) is 7.66. The number of nitrogen functional groups attached to an aromatic ring is 1. The van der Waals surface area contributed by atoms with Crippen LogP contribution in [-0.4, -0.2) is 65.3 Å². The zero-order chi connectivity index (χ0) is 34.0. The average molecular weight is 688 g/mol. The first-order valence-electron chi connectivity index (χ1n) is 15.6. The van der Waals surface area contributed by atoms with Gasteiger partial charge in [-0.2, -0.15) is 37.2 Å². The molecule has 1 unspecified atom stereocenters. The monoisotopic (exact) mass is 687 g/mol. The molecule has 5 heterocycles. The smallest absolute Gasteiger partial charge is 0.417 e. The van der Waals surface area contributed by atoms with E-state index in [-0.39, 0.29) is 70.5 Å². The number of nitriles is 1. The van der Waals surface area contributed by atoms with Crippen LogP contribution in [0.1, 0.15) is 43.7 Å². The molecule has 0 bridgehead atoms. The van der Waals surface area contributed by atoms with Crippen LogP contribution < -0.4 is 20.7 Å². The molecule has 252 valence electrons. The van der Waals surface area contributed by atoms with Gasteiger partial charge >= 0.3 is 12.2 Å². The summed E-state index contributed by atoms with van der Waals surface area (Å²) in [7, 11) is 0. The Bertz CT molecular complexity index is 1990. The minimum Gasteiger partial charge on any atom is -0.461 e. The van der Waals surface area contributed by atoms with Crippen molar-refractivity contribution in [1.29, 1.82) is 5.26 Å². The van der Waals surface area contributed by atoms with Gasteiger partial charge in [0.25, 0.3) is 6.08 Å². The number of rotatable bonds is 6. The molecule has 0 saturated carbocycles. The predicted octanol–water partition coefficient (Wildman–Crippen LogP) is 7.08. The van der Waals surface area contributed by atoms with Crippen LogP contribution in [0.3, 0.4) is 0 Å². The van der Waals surface area contributed by atoms with Gasteiger partial charge < -0.3 is 20.7 Å². The van der Waals surface area contributed by atoms with Crippen LogP contribution in [0.15, 0.2) is 36.4 Å². The van der Waals surface area contributed by atoms with Gasteiger partial charge in [0, 0.05) is 46.7 Å². The van der Waals surface area contributed by atoms with Gasteiger partial charge in [0.2, 0.25) is 0 Å². The first kappa shape index (κ1) is 32.4. The van der Waals surface area contributed by atoms with Crippen LogP contribution in [0.4, 0.5) is 37.2 Å². The second-order valence-corrected chi connectivity index (χ2v) is 14.0. The summed E-state index contributed by atoms with van der Waals surface area (Å²) >= 11 is 1.02. The minimum absolute atomic E-state index is 0.0455. The van der Waals surface area contributed by atoms with Gasteiger partial charge in [-0.05, 0) is 63.4 Å². The Labute approximate surface area is 275 Å². The van der Waals surface area contributed by atoms with E-state index >= 15 is 4.39 Å². The molecule has 15 heteroatoms. The van der Waals surface area contributed by atoms with Crippen molar-refractivity contribution in [3.8, 4) is 23.2 Å². The first-order valence-corrected chi connectivity index (χ1v) is 16.4. The average Bonchev–Trinajstić information content (AvgIpc) is 3.70. The van der Waals surface area contributed by atoms with E-state index in [4.69, 9.17) is 10.5 Å². The number of nitrogens with two attached hydrogens (primary N) is 1. The molecular formula is C33H31F6N7OS. The molecule has 8 nitrogen and oxygen atoms in total. The van der Waals surface area contributed by atoms with Gasteiger partial charge in [-0.3, -0.25) is 4.90 Å². The summed E-state index contributed by atoms with van der Waals surface area (Å²) in [4.78, 5) is 12.8. The standard InChI is InChI=1S/C33H31F6N7OS/c1-31(14-23(34)35)16-45(12-9-42-31)29-19-13-21(33(37,38)39)25(18-5-2-6-22-24(18)20(15-40)28(41)48-22)26(36)27(19)43-30(44-29)47-17-32-7-3-10-46(32)11-4-8-32/h2,5-6,13-14,42H,3-4,7-12,16-17,41H2,1H3. The number of halogens is 6. The number of nitrogens with zero attached hydrogens (tertiary/aromatic N) is 5. The van der Waals surface area contributed by atoms with E-state index in [1.807, 2.05) is 6.07 Å². The fourth-order valence-corrected chi connectivity index (χ4v) is 8.60. The second-order valence-electron chi connectivity index (χ2n) is 12.9. The van der Waals surface area contributed by atoms with Crippen LogP contribution in [0, 0.1) is 17.1 Å². The molecule has 0 amide bonds. The summed E-state index contributed by atoms with van der Waals surface area (Å²) in [6.45, 7) is 3.88. The topological polar surface area (TPSA) is 103 Å². The number of fused-ring (bicyclic) bond motifs is 3. The molecule has 3 aliphatic rings. The largest absolute Gasteiger partial charge is 0.461 e. The van der Waals surface area contributed by atoms with E-state index in [9.17, 15) is 27.2 Å². The number of thiophene rings is 1. The summed E-state index contributed by atoms with van der Waals surface area (Å²) in [5.74, 6) is -1.34. The van der Waals surface area contributed by atoms with Crippen LogP contribution >= 0.6 is 11.3 Å². The predicted molar refractivity (Wildman–Crippen MR) is 172 cm³/mol. The van der Waals surface area contributed by atoms with E-state index in [2.05, 4.69) is 20.2 Å². The summed E-state index contributed by atoms with van der Waals surface area (Å²) in [6.07, 6.45) is -2.44. The Hall–Kier alpha value is -4.13. The van der Waals surface area contributed by atoms with Gasteiger partial charge in [-0.1, -0.05) is 12.1 Å². The number of nitrogens with one attached hydrogen (secondary N) is 1. The molecule has 3 aliphatic heterocycles. The number of piperazine rings is 1. The molecule has 1 atom stereocenters. The molecule has 0 spiro atoms. The number of aromatic nitrogens is 2. The number of benzene rings is 2. The lowest BCUT2D eigenvalue weighted by Crippen LogP contribution is -2.58. The van der Waals surface area contributed by atoms with Crippen molar-refractivity contribution in [2.45, 2.75) is 49.9 Å². The first-order chi connectivity index (χ1) is 22.8. The molecule has 3 fully saturated rings. The normalized spacial score (nSPS) is 21.1. The van der Waals surface area contributed by atoms with Crippen molar-refractivity contribution in [3.05, 3.63) is 53.4 Å². The lowest BCUT2D eigenvalue weighted by atomic mass is 9.92. The third kappa shape index (κ3) is 5.49. The number of anilines is 2. The third-order valence-electron chi connectivity index (χ3n) is 9.76. The highest BCUT2D eigenvalue weighted by Crippen LogP contribution is 2.48. The summed E-state index contributed by atoms with van der Waals surface area (Å²) in [6, 6.07) is 6.92. The van der Waals surface area contributed by atoms with E-state index < -0.39 is 40.3 Å². The molecule has 48 heavy (non-hydrogen) atoms. The van der Waals surface area contributed by atoms with Gasteiger partial charge in [-0.25, -0.2) is 4.39 Å². The summed E-state index contributed by atoms with van der Waals surface area (Å²) in [5.41, 5.74) is 1.84. The number of hydrogen-bond donors (Lipinski definition) is 2. The molecule has 3 N–H and O–H groups in total. The van der Waals surface area contributed by atoms with E-state index in [1.165, 1.54) is 19.1 Å². The quantitative estimate of drug-likeness (QED) is 0.208. The van der Waals surface area contributed by atoms with Crippen LogP contribution in [0.25, 0.3) is 32.1 Å². The van der Waals surface area contributed by atoms with Crippen molar-refractivity contribution in [1.82, 2.24) is 20.2 Å². The van der Waals surface area contributed by atoms with Gasteiger partial charge in [0.15, 0.2) is 5.82 Å². The van der Waals surface area contributed by atoms with Crippen molar-refractivity contribution >= 4 is 43.1 Å². The summed E-state index contributed by atoms with van der Waals surface area (Å²) < 4.78 is 95.3. The van der Waals surface area contributed by atoms with Gasteiger partial charge in [0.1, 0.15) is 29.0 Å². The maximum absolute atomic E-state index is 17.0. The number of alkyl halides is 3. The maximum Gasteiger partial charge on any atom is 0.417 e. The Balaban J connectivity index is 1.46. The molecule has 0 radical (unpaired) electrons. The van der Waals surface area contributed by atoms with Crippen LogP contribution in [0.5, 0.6) is 6.01 Å². The van der Waals surface area contributed by atoms with Gasteiger partial charge in [0.05, 0.1) is 22.2 Å². The minimum atomic E-state index is -5.04. The second kappa shape index (κ2) is 11.8. The van der Waals surface area contributed by atoms with Gasteiger partial charge in [-0.15, -0.1) is 11.3 Å². The molecule has 2 aromatic carbocycles. The Morgan fingerprint density at radius 3 is 2.62 bits per heavy atom. The summed E-state index contributed by atoms with van der Waals surface area (Å²) in [5, 5.41) is 12.8. The fraction of sp³-hybridized carbons (Fsp3) is 0.424. The highest BCUT2D eigenvalue weighted by molar-refractivity contribution is 7.23. The van der Waals surface area contributed by atoms with Crippen molar-refractivity contribution < 1.29 is 31.1 Å². The molecule has 0 aliphatic carbocycles.